The first-order valence-corrected chi connectivity index (χ1v) is 11.6. The zero-order valence-electron chi connectivity index (χ0n) is 16.7. The van der Waals surface area contributed by atoms with Crippen molar-refractivity contribution in [1.29, 1.82) is 0 Å². The van der Waals surface area contributed by atoms with Crippen LogP contribution in [0.15, 0.2) is 23.9 Å². The van der Waals surface area contributed by atoms with Gasteiger partial charge in [-0.05, 0) is 86.8 Å². The molecule has 0 amide bonds. The van der Waals surface area contributed by atoms with Crippen molar-refractivity contribution in [3.8, 4) is 0 Å². The highest BCUT2D eigenvalue weighted by Gasteiger charge is 2.79. The minimum atomic E-state index is -0.0306. The molecule has 146 valence electrons. The zero-order valence-corrected chi connectivity index (χ0v) is 16.7. The van der Waals surface area contributed by atoms with Gasteiger partial charge in [0.15, 0.2) is 6.29 Å². The number of epoxide rings is 1. The normalized spacial score (nSPS) is 53.0. The summed E-state index contributed by atoms with van der Waals surface area (Å²) in [5.74, 6) is 0.746. The SMILES string of the molecule is CC1(OC2OC2CC2(N3C=CCCC3)CCCC2)C2=CC34CC1CC3(C2)C4. The summed E-state index contributed by atoms with van der Waals surface area (Å²) in [5.41, 5.74) is 3.24. The van der Waals surface area contributed by atoms with E-state index in [9.17, 15) is 0 Å². The molecule has 8 rings (SSSR count). The minimum absolute atomic E-state index is 0.0306. The van der Waals surface area contributed by atoms with Gasteiger partial charge in [0.05, 0.1) is 5.60 Å². The molecule has 2 heterocycles. The standard InChI is InChI=1S/C24H33NO2/c1-21(17-11-22-13-18(21)14-23(22,12-17)16-22)27-20-19(26-20)15-24(7-3-4-8-24)25-9-5-2-6-10-25/h5,9,11,18-20H,2-4,6-8,10,12-16H2,1H3. The van der Waals surface area contributed by atoms with Crippen molar-refractivity contribution in [3.63, 3.8) is 0 Å². The summed E-state index contributed by atoms with van der Waals surface area (Å²) in [4.78, 5) is 2.66. The van der Waals surface area contributed by atoms with Gasteiger partial charge in [0, 0.05) is 18.5 Å². The molecule has 2 aliphatic heterocycles. The van der Waals surface area contributed by atoms with E-state index in [1.165, 1.54) is 70.8 Å². The van der Waals surface area contributed by atoms with E-state index in [-0.39, 0.29) is 11.9 Å². The van der Waals surface area contributed by atoms with E-state index in [1.807, 2.05) is 0 Å². The molecule has 4 saturated carbocycles. The third-order valence-corrected chi connectivity index (χ3v) is 9.91. The number of nitrogens with zero attached hydrogens (tertiary/aromatic N) is 1. The molecule has 2 spiro atoms. The molecular weight excluding hydrogens is 334 g/mol. The summed E-state index contributed by atoms with van der Waals surface area (Å²) in [6.07, 6.45) is 22.5. The van der Waals surface area contributed by atoms with E-state index in [1.54, 1.807) is 5.57 Å². The fraction of sp³-hybridized carbons (Fsp3) is 0.833. The van der Waals surface area contributed by atoms with Crippen LogP contribution < -0.4 is 0 Å². The summed E-state index contributed by atoms with van der Waals surface area (Å²) in [7, 11) is 0. The summed E-state index contributed by atoms with van der Waals surface area (Å²) in [6, 6.07) is 0. The molecule has 0 radical (unpaired) electrons. The van der Waals surface area contributed by atoms with Crippen LogP contribution in [0, 0.1) is 16.7 Å². The molecule has 0 aromatic rings. The first kappa shape index (κ1) is 16.0. The quantitative estimate of drug-likeness (QED) is 0.509. The van der Waals surface area contributed by atoms with Crippen molar-refractivity contribution in [2.45, 2.75) is 101 Å². The van der Waals surface area contributed by atoms with Crippen LogP contribution in [0.3, 0.4) is 0 Å². The molecule has 6 atom stereocenters. The van der Waals surface area contributed by atoms with E-state index in [2.05, 4.69) is 30.2 Å². The molecule has 27 heavy (non-hydrogen) atoms. The maximum absolute atomic E-state index is 6.76. The average molecular weight is 368 g/mol. The Morgan fingerprint density at radius 2 is 2.11 bits per heavy atom. The van der Waals surface area contributed by atoms with Crippen LogP contribution in [0.25, 0.3) is 0 Å². The van der Waals surface area contributed by atoms with Gasteiger partial charge >= 0.3 is 0 Å². The Morgan fingerprint density at radius 1 is 1.22 bits per heavy atom. The molecule has 5 fully saturated rings. The monoisotopic (exact) mass is 367 g/mol. The van der Waals surface area contributed by atoms with Crippen molar-refractivity contribution >= 4 is 0 Å². The molecule has 0 aromatic carbocycles. The Morgan fingerprint density at radius 3 is 2.85 bits per heavy atom. The summed E-state index contributed by atoms with van der Waals surface area (Å²) in [6.45, 7) is 3.61. The van der Waals surface area contributed by atoms with Crippen molar-refractivity contribution in [1.82, 2.24) is 4.90 Å². The van der Waals surface area contributed by atoms with Gasteiger partial charge in [0.25, 0.3) is 0 Å². The Labute approximate surface area is 163 Å². The van der Waals surface area contributed by atoms with Crippen LogP contribution in [-0.4, -0.2) is 35.0 Å². The van der Waals surface area contributed by atoms with Gasteiger partial charge in [-0.3, -0.25) is 0 Å². The smallest absolute Gasteiger partial charge is 0.185 e. The molecule has 1 saturated heterocycles. The second-order valence-corrected chi connectivity index (χ2v) is 11.2. The highest BCUT2D eigenvalue weighted by atomic mass is 16.8. The Kier molecular flexibility index (Phi) is 2.88. The Hall–Kier alpha value is -0.800. The van der Waals surface area contributed by atoms with E-state index in [4.69, 9.17) is 9.47 Å². The average Bonchev–Trinajstić information content (AvgIpc) is 3.31. The lowest BCUT2D eigenvalue weighted by atomic mass is 9.69. The van der Waals surface area contributed by atoms with Gasteiger partial charge in [-0.15, -0.1) is 0 Å². The van der Waals surface area contributed by atoms with Gasteiger partial charge in [-0.1, -0.05) is 25.0 Å². The molecule has 3 heteroatoms. The van der Waals surface area contributed by atoms with Gasteiger partial charge < -0.3 is 14.4 Å². The Bertz CT molecular complexity index is 751. The fourth-order valence-corrected chi connectivity index (χ4v) is 8.26. The predicted molar refractivity (Wildman–Crippen MR) is 104 cm³/mol. The lowest BCUT2D eigenvalue weighted by molar-refractivity contribution is -0.105. The van der Waals surface area contributed by atoms with E-state index < -0.39 is 0 Å². The van der Waals surface area contributed by atoms with Crippen LogP contribution in [0.2, 0.25) is 0 Å². The van der Waals surface area contributed by atoms with Crippen LogP contribution in [0.1, 0.15) is 77.6 Å². The van der Waals surface area contributed by atoms with E-state index >= 15 is 0 Å². The molecular formula is C24H33NO2. The predicted octanol–water partition coefficient (Wildman–Crippen LogP) is 4.93. The highest BCUT2D eigenvalue weighted by molar-refractivity contribution is 5.48. The third kappa shape index (κ3) is 1.96. The van der Waals surface area contributed by atoms with Crippen molar-refractivity contribution in [3.05, 3.63) is 23.9 Å². The molecule has 6 unspecified atom stereocenters. The molecule has 0 N–H and O–H groups in total. The first-order chi connectivity index (χ1) is 13.1. The maximum atomic E-state index is 6.76. The maximum Gasteiger partial charge on any atom is 0.185 e. The molecule has 8 aliphatic rings. The topological polar surface area (TPSA) is 25.0 Å². The van der Waals surface area contributed by atoms with E-state index in [0.717, 1.165) is 12.3 Å². The highest BCUT2D eigenvalue weighted by Crippen LogP contribution is 2.86. The van der Waals surface area contributed by atoms with Crippen molar-refractivity contribution < 1.29 is 9.47 Å². The van der Waals surface area contributed by atoms with Crippen LogP contribution >= 0.6 is 0 Å². The zero-order chi connectivity index (χ0) is 17.9. The van der Waals surface area contributed by atoms with Crippen LogP contribution in [0.5, 0.6) is 0 Å². The van der Waals surface area contributed by atoms with Crippen LogP contribution in [0.4, 0.5) is 0 Å². The fourth-order valence-electron chi connectivity index (χ4n) is 8.26. The number of allylic oxidation sites excluding steroid dienone is 2. The number of hydrogen-bond acceptors (Lipinski definition) is 3. The summed E-state index contributed by atoms with van der Waals surface area (Å²) < 4.78 is 12.9. The molecule has 6 aliphatic carbocycles. The van der Waals surface area contributed by atoms with E-state index in [0.29, 0.717) is 22.5 Å². The van der Waals surface area contributed by atoms with Crippen LogP contribution in [-0.2, 0) is 9.47 Å². The van der Waals surface area contributed by atoms with Crippen molar-refractivity contribution in [2.24, 2.45) is 16.7 Å². The van der Waals surface area contributed by atoms with Gasteiger partial charge in [-0.2, -0.15) is 0 Å². The largest absolute Gasteiger partial charge is 0.372 e. The number of rotatable bonds is 5. The lowest BCUT2D eigenvalue weighted by Crippen LogP contribution is -2.47. The minimum Gasteiger partial charge on any atom is -0.372 e. The second-order valence-electron chi connectivity index (χ2n) is 11.2. The summed E-state index contributed by atoms with van der Waals surface area (Å²) >= 11 is 0. The lowest BCUT2D eigenvalue weighted by Gasteiger charge is -2.45. The van der Waals surface area contributed by atoms with Gasteiger partial charge in [-0.25, -0.2) is 0 Å². The van der Waals surface area contributed by atoms with Gasteiger partial charge in [0.2, 0.25) is 0 Å². The third-order valence-electron chi connectivity index (χ3n) is 9.91. The Balaban J connectivity index is 1.07. The van der Waals surface area contributed by atoms with Gasteiger partial charge in [0.1, 0.15) is 6.10 Å². The number of ether oxygens (including phenoxy) is 2. The summed E-state index contributed by atoms with van der Waals surface area (Å²) in [5, 5.41) is 0. The molecule has 4 bridgehead atoms. The molecule has 0 aromatic heterocycles. The molecule has 3 nitrogen and oxygen atoms in total. The first-order valence-electron chi connectivity index (χ1n) is 11.6. The van der Waals surface area contributed by atoms with Crippen molar-refractivity contribution in [2.75, 3.05) is 6.54 Å². The number of hydrogen-bond donors (Lipinski definition) is 0. The second kappa shape index (κ2) is 4.84.